The Hall–Kier alpha value is -3.53. The fraction of sp³-hybridized carbons (Fsp3) is 0.391. The number of nitrogens with one attached hydrogen (secondary N) is 1. The maximum atomic E-state index is 13.2. The van der Waals surface area contributed by atoms with Crippen LogP contribution in [0.25, 0.3) is 11.5 Å². The van der Waals surface area contributed by atoms with Crippen molar-refractivity contribution in [2.24, 2.45) is 0 Å². The summed E-state index contributed by atoms with van der Waals surface area (Å²) in [5, 5.41) is 11.0. The highest BCUT2D eigenvalue weighted by Gasteiger charge is 2.33. The molecule has 1 N–H and O–H groups in total. The summed E-state index contributed by atoms with van der Waals surface area (Å²) in [7, 11) is 0. The minimum Gasteiger partial charge on any atom is -0.444 e. The molecular weight excluding hydrogens is 458 g/mol. The minimum atomic E-state index is -0.626. The van der Waals surface area contributed by atoms with Gasteiger partial charge in [0.15, 0.2) is 5.82 Å². The molecule has 1 aliphatic rings. The zero-order valence-electron chi connectivity index (χ0n) is 19.5. The van der Waals surface area contributed by atoms with Crippen molar-refractivity contribution in [2.75, 3.05) is 4.90 Å². The first kappa shape index (κ1) is 23.6. The zero-order chi connectivity index (χ0) is 24.5. The van der Waals surface area contributed by atoms with Crippen LogP contribution in [0.1, 0.15) is 55.7 Å². The molecule has 0 saturated heterocycles. The van der Waals surface area contributed by atoms with Crippen LogP contribution in [-0.2, 0) is 24.4 Å². The Morgan fingerprint density at radius 3 is 2.79 bits per heavy atom. The Kier molecular flexibility index (Phi) is 6.52. The predicted molar refractivity (Wildman–Crippen MR) is 126 cm³/mol. The third kappa shape index (κ3) is 5.01. The van der Waals surface area contributed by atoms with E-state index in [1.807, 2.05) is 16.7 Å². The number of alkyl carbamates (subject to hydrolysis) is 1. The third-order valence-electron chi connectivity index (χ3n) is 5.09. The van der Waals surface area contributed by atoms with Crippen LogP contribution in [0.2, 0.25) is 5.15 Å². The normalized spacial score (nSPS) is 13.2. The Bertz CT molecular complexity index is 1240. The lowest BCUT2D eigenvalue weighted by molar-refractivity contribution is 0.0522. The molecule has 0 unspecified atom stereocenters. The van der Waals surface area contributed by atoms with Crippen LogP contribution in [0, 0.1) is 0 Å². The smallest absolute Gasteiger partial charge is 0.407 e. The summed E-state index contributed by atoms with van der Waals surface area (Å²) in [5.74, 6) is 0.879. The van der Waals surface area contributed by atoms with Gasteiger partial charge in [0.25, 0.3) is 5.91 Å². The van der Waals surface area contributed by atoms with Crippen molar-refractivity contribution in [1.82, 2.24) is 30.0 Å². The van der Waals surface area contributed by atoms with Crippen LogP contribution in [-0.4, -0.2) is 42.3 Å². The second-order valence-electron chi connectivity index (χ2n) is 8.89. The van der Waals surface area contributed by atoms with Crippen molar-refractivity contribution in [1.29, 1.82) is 0 Å². The molecule has 1 aliphatic heterocycles. The van der Waals surface area contributed by atoms with E-state index < -0.39 is 11.7 Å². The molecule has 4 rings (SSSR count). The van der Waals surface area contributed by atoms with E-state index in [0.29, 0.717) is 34.2 Å². The van der Waals surface area contributed by atoms with Crippen molar-refractivity contribution >= 4 is 29.4 Å². The van der Waals surface area contributed by atoms with Gasteiger partial charge in [-0.1, -0.05) is 24.6 Å². The van der Waals surface area contributed by atoms with Gasteiger partial charge in [-0.05, 0) is 45.4 Å². The van der Waals surface area contributed by atoms with Crippen molar-refractivity contribution in [3.63, 3.8) is 0 Å². The summed E-state index contributed by atoms with van der Waals surface area (Å²) in [4.78, 5) is 35.9. The Balaban J connectivity index is 1.59. The second-order valence-corrected chi connectivity index (χ2v) is 9.28. The Morgan fingerprint density at radius 2 is 2.06 bits per heavy atom. The second kappa shape index (κ2) is 9.38. The molecule has 0 bridgehead atoms. The van der Waals surface area contributed by atoms with Gasteiger partial charge in [-0.15, -0.1) is 10.2 Å². The molecule has 0 radical (unpaired) electrons. The molecule has 178 valence electrons. The zero-order valence-corrected chi connectivity index (χ0v) is 20.3. The number of amides is 2. The largest absolute Gasteiger partial charge is 0.444 e. The van der Waals surface area contributed by atoms with Gasteiger partial charge in [0.2, 0.25) is 0 Å². The molecular formula is C23H26ClN7O3. The summed E-state index contributed by atoms with van der Waals surface area (Å²) in [6.07, 6.45) is 2.02. The third-order valence-corrected chi connectivity index (χ3v) is 5.28. The van der Waals surface area contributed by atoms with Gasteiger partial charge in [-0.25, -0.2) is 14.8 Å². The number of ether oxygens (including phenoxy) is 1. The molecule has 2 amide bonds. The van der Waals surface area contributed by atoms with Crippen molar-refractivity contribution in [3.8, 4) is 11.5 Å². The highest BCUT2D eigenvalue weighted by atomic mass is 35.5. The number of aromatic nitrogens is 5. The number of hydrogen-bond donors (Lipinski definition) is 1. The molecule has 0 fully saturated rings. The minimum absolute atomic E-state index is 0.0759. The lowest BCUT2D eigenvalue weighted by Crippen LogP contribution is -2.32. The average Bonchev–Trinajstić information content (AvgIpc) is 3.36. The van der Waals surface area contributed by atoms with Crippen LogP contribution in [0.3, 0.4) is 0 Å². The van der Waals surface area contributed by atoms with Gasteiger partial charge in [0, 0.05) is 17.7 Å². The number of halogens is 1. The van der Waals surface area contributed by atoms with E-state index in [4.69, 9.17) is 16.3 Å². The molecule has 3 aromatic rings. The van der Waals surface area contributed by atoms with Crippen molar-refractivity contribution < 1.29 is 14.3 Å². The molecule has 10 nitrogen and oxygen atoms in total. The molecule has 0 aromatic carbocycles. The number of nitrogens with zero attached hydrogens (tertiary/aromatic N) is 6. The first-order valence-electron chi connectivity index (χ1n) is 11.0. The number of pyridine rings is 2. The van der Waals surface area contributed by atoms with E-state index in [1.54, 1.807) is 38.1 Å². The Labute approximate surface area is 202 Å². The first-order valence-corrected chi connectivity index (χ1v) is 11.4. The van der Waals surface area contributed by atoms with Crippen LogP contribution < -0.4 is 10.2 Å². The predicted octanol–water partition coefficient (Wildman–Crippen LogP) is 3.98. The van der Waals surface area contributed by atoms with Gasteiger partial charge in [-0.2, -0.15) is 0 Å². The molecule has 0 atom stereocenters. The van der Waals surface area contributed by atoms with E-state index in [2.05, 4.69) is 32.4 Å². The first-order chi connectivity index (χ1) is 16.2. The lowest BCUT2D eigenvalue weighted by Gasteiger charge is -2.20. The number of carbonyl (C=O) groups is 2. The SMILES string of the molecule is CCCn1cnnc1-c1cccc(N2Cc3c(cc(Cl)nc3CNC(=O)OC(C)(C)C)C2=O)n1. The van der Waals surface area contributed by atoms with Gasteiger partial charge < -0.3 is 14.6 Å². The van der Waals surface area contributed by atoms with E-state index in [1.165, 1.54) is 6.07 Å². The maximum absolute atomic E-state index is 13.2. The fourth-order valence-electron chi connectivity index (χ4n) is 3.69. The highest BCUT2D eigenvalue weighted by Crippen LogP contribution is 2.31. The number of carbonyl (C=O) groups excluding carboxylic acids is 2. The summed E-state index contributed by atoms with van der Waals surface area (Å²) < 4.78 is 7.21. The van der Waals surface area contributed by atoms with Gasteiger partial charge in [-0.3, -0.25) is 9.69 Å². The number of aryl methyl sites for hydroxylation is 1. The molecule has 0 saturated carbocycles. The van der Waals surface area contributed by atoms with E-state index >= 15 is 0 Å². The average molecular weight is 484 g/mol. The standard InChI is InChI=1S/C23H26ClN7O3/c1-5-9-30-13-26-29-20(30)16-7-6-8-19(28-16)31-12-15-14(21(31)32)10-18(24)27-17(15)11-25-22(33)34-23(2,3)4/h6-8,10,13H,5,9,11-12H2,1-4H3,(H,25,33). The molecule has 34 heavy (non-hydrogen) atoms. The highest BCUT2D eigenvalue weighted by molar-refractivity contribution is 6.30. The number of rotatable bonds is 6. The van der Waals surface area contributed by atoms with Gasteiger partial charge in [0.05, 0.1) is 18.8 Å². The topological polar surface area (TPSA) is 115 Å². The van der Waals surface area contributed by atoms with E-state index in [0.717, 1.165) is 13.0 Å². The number of hydrogen-bond acceptors (Lipinski definition) is 7. The summed E-state index contributed by atoms with van der Waals surface area (Å²) >= 11 is 6.19. The Morgan fingerprint density at radius 1 is 1.26 bits per heavy atom. The molecule has 11 heteroatoms. The van der Waals surface area contributed by atoms with Crippen LogP contribution in [0.5, 0.6) is 0 Å². The van der Waals surface area contributed by atoms with Crippen LogP contribution in [0.4, 0.5) is 10.6 Å². The summed E-state index contributed by atoms with van der Waals surface area (Å²) in [6, 6.07) is 6.97. The van der Waals surface area contributed by atoms with Crippen LogP contribution >= 0.6 is 11.6 Å². The fourth-order valence-corrected chi connectivity index (χ4v) is 3.90. The molecule has 3 aromatic heterocycles. The lowest BCUT2D eigenvalue weighted by atomic mass is 10.1. The van der Waals surface area contributed by atoms with E-state index in [9.17, 15) is 9.59 Å². The molecule has 0 aliphatic carbocycles. The van der Waals surface area contributed by atoms with Crippen LogP contribution in [0.15, 0.2) is 30.6 Å². The van der Waals surface area contributed by atoms with Gasteiger partial charge in [0.1, 0.15) is 28.6 Å². The monoisotopic (exact) mass is 483 g/mol. The number of fused-ring (bicyclic) bond motifs is 1. The maximum Gasteiger partial charge on any atom is 0.407 e. The molecule has 4 heterocycles. The summed E-state index contributed by atoms with van der Waals surface area (Å²) in [6.45, 7) is 8.51. The van der Waals surface area contributed by atoms with Crippen molar-refractivity contribution in [2.45, 2.75) is 59.4 Å². The van der Waals surface area contributed by atoms with Gasteiger partial charge >= 0.3 is 6.09 Å². The molecule has 0 spiro atoms. The number of anilines is 1. The van der Waals surface area contributed by atoms with Crippen molar-refractivity contribution in [3.05, 3.63) is 52.6 Å². The summed E-state index contributed by atoms with van der Waals surface area (Å²) in [5.41, 5.74) is 1.62. The quantitative estimate of drug-likeness (QED) is 0.527. The van der Waals surface area contributed by atoms with E-state index in [-0.39, 0.29) is 24.1 Å².